The van der Waals surface area contributed by atoms with Crippen LogP contribution < -0.4 is 10.2 Å². The third kappa shape index (κ3) is 4.09. The molecule has 0 aromatic heterocycles. The van der Waals surface area contributed by atoms with Crippen LogP contribution in [0.1, 0.15) is 39.5 Å². The molecular weight excluding hydrogens is 266 g/mol. The van der Waals surface area contributed by atoms with Gasteiger partial charge in [0.1, 0.15) is 0 Å². The molecule has 1 atom stereocenters. The summed E-state index contributed by atoms with van der Waals surface area (Å²) >= 11 is 0. The number of nitrogens with zero attached hydrogens (tertiary/aromatic N) is 2. The molecule has 1 unspecified atom stereocenters. The lowest BCUT2D eigenvalue weighted by molar-refractivity contribution is -0.384. The largest absolute Gasteiger partial charge is 0.385 e. The normalized spacial score (nSPS) is 19.1. The maximum Gasteiger partial charge on any atom is 0.273 e. The number of anilines is 2. The lowest BCUT2D eigenvalue weighted by Gasteiger charge is -2.23. The Kier molecular flexibility index (Phi) is 5.42. The van der Waals surface area contributed by atoms with Crippen LogP contribution in [0, 0.1) is 16.0 Å². The van der Waals surface area contributed by atoms with E-state index in [-0.39, 0.29) is 10.6 Å². The molecule has 5 nitrogen and oxygen atoms in total. The van der Waals surface area contributed by atoms with E-state index in [4.69, 9.17) is 0 Å². The summed E-state index contributed by atoms with van der Waals surface area (Å²) in [5.74, 6) is 0.793. The minimum atomic E-state index is -0.309. The summed E-state index contributed by atoms with van der Waals surface area (Å²) in [7, 11) is 0. The van der Waals surface area contributed by atoms with Gasteiger partial charge in [0.05, 0.1) is 4.92 Å². The van der Waals surface area contributed by atoms with Crippen molar-refractivity contribution in [2.45, 2.75) is 39.5 Å². The highest BCUT2D eigenvalue weighted by Gasteiger charge is 2.18. The van der Waals surface area contributed by atoms with Crippen molar-refractivity contribution < 1.29 is 4.92 Å². The Morgan fingerprint density at radius 2 is 2.10 bits per heavy atom. The third-order valence-electron chi connectivity index (χ3n) is 4.28. The summed E-state index contributed by atoms with van der Waals surface area (Å²) < 4.78 is 0. The quantitative estimate of drug-likeness (QED) is 0.657. The molecule has 2 rings (SSSR count). The molecular formula is C16H25N3O2. The van der Waals surface area contributed by atoms with E-state index in [0.29, 0.717) is 0 Å². The van der Waals surface area contributed by atoms with Crippen LogP contribution >= 0.6 is 0 Å². The second kappa shape index (κ2) is 7.29. The van der Waals surface area contributed by atoms with Crippen LogP contribution in [0.5, 0.6) is 0 Å². The molecule has 0 amide bonds. The molecule has 1 aromatic rings. The summed E-state index contributed by atoms with van der Waals surface area (Å²) in [6.07, 6.45) is 4.83. The number of hydrogen-bond acceptors (Lipinski definition) is 4. The molecule has 5 heteroatoms. The molecule has 21 heavy (non-hydrogen) atoms. The minimum absolute atomic E-state index is 0.166. The lowest BCUT2D eigenvalue weighted by Crippen LogP contribution is -2.24. The Hall–Kier alpha value is -1.78. The van der Waals surface area contributed by atoms with E-state index in [0.717, 1.165) is 43.3 Å². The molecule has 1 fully saturated rings. The van der Waals surface area contributed by atoms with Crippen molar-refractivity contribution in [3.8, 4) is 0 Å². The molecule has 0 bridgehead atoms. The summed E-state index contributed by atoms with van der Waals surface area (Å²) in [5.41, 5.74) is 1.97. The lowest BCUT2D eigenvalue weighted by atomic mass is 9.98. The second-order valence-electron chi connectivity index (χ2n) is 5.72. The number of rotatable bonds is 5. The number of nitrogens with one attached hydrogen (secondary N) is 1. The average molecular weight is 291 g/mol. The van der Waals surface area contributed by atoms with Crippen molar-refractivity contribution in [2.24, 2.45) is 5.92 Å². The van der Waals surface area contributed by atoms with Crippen molar-refractivity contribution in [2.75, 3.05) is 29.9 Å². The first kappa shape index (κ1) is 15.6. The Morgan fingerprint density at radius 1 is 1.29 bits per heavy atom. The van der Waals surface area contributed by atoms with Gasteiger partial charge in [0.2, 0.25) is 0 Å². The van der Waals surface area contributed by atoms with Gasteiger partial charge < -0.3 is 10.2 Å². The first-order valence-corrected chi connectivity index (χ1v) is 7.92. The summed E-state index contributed by atoms with van der Waals surface area (Å²) in [6.45, 7) is 6.99. The monoisotopic (exact) mass is 291 g/mol. The van der Waals surface area contributed by atoms with Crippen LogP contribution in [-0.2, 0) is 0 Å². The summed E-state index contributed by atoms with van der Waals surface area (Å²) in [6, 6.07) is 5.34. The fraction of sp³-hybridized carbons (Fsp3) is 0.625. The van der Waals surface area contributed by atoms with E-state index in [2.05, 4.69) is 17.1 Å². The molecule has 0 aliphatic carbocycles. The Labute approximate surface area is 126 Å². The molecule has 0 radical (unpaired) electrons. The van der Waals surface area contributed by atoms with E-state index >= 15 is 0 Å². The van der Waals surface area contributed by atoms with E-state index in [1.807, 2.05) is 13.0 Å². The first-order valence-electron chi connectivity index (χ1n) is 7.92. The van der Waals surface area contributed by atoms with Gasteiger partial charge in [-0.3, -0.25) is 10.1 Å². The molecule has 1 aromatic carbocycles. The number of non-ortho nitro benzene ring substituents is 1. The van der Waals surface area contributed by atoms with Gasteiger partial charge in [0.15, 0.2) is 0 Å². The first-order chi connectivity index (χ1) is 10.1. The van der Waals surface area contributed by atoms with Crippen molar-refractivity contribution in [3.63, 3.8) is 0 Å². The van der Waals surface area contributed by atoms with E-state index in [1.54, 1.807) is 12.1 Å². The highest BCUT2D eigenvalue weighted by Crippen LogP contribution is 2.30. The van der Waals surface area contributed by atoms with Crippen LogP contribution in [0.2, 0.25) is 0 Å². The Bertz CT molecular complexity index is 490. The smallest absolute Gasteiger partial charge is 0.273 e. The number of nitro benzene ring substituents is 1. The second-order valence-corrected chi connectivity index (χ2v) is 5.72. The predicted molar refractivity (Wildman–Crippen MR) is 87.1 cm³/mol. The topological polar surface area (TPSA) is 58.4 Å². The van der Waals surface area contributed by atoms with Gasteiger partial charge in [-0.25, -0.2) is 0 Å². The van der Waals surface area contributed by atoms with Crippen molar-refractivity contribution in [1.29, 1.82) is 0 Å². The highest BCUT2D eigenvalue weighted by atomic mass is 16.6. The maximum atomic E-state index is 11.1. The average Bonchev–Trinajstić information content (AvgIpc) is 2.72. The molecule has 116 valence electrons. The van der Waals surface area contributed by atoms with Gasteiger partial charge in [-0.05, 0) is 38.2 Å². The van der Waals surface area contributed by atoms with E-state index in [9.17, 15) is 10.1 Å². The summed E-state index contributed by atoms with van der Waals surface area (Å²) in [5, 5.41) is 14.3. The van der Waals surface area contributed by atoms with Crippen molar-refractivity contribution in [1.82, 2.24) is 0 Å². The highest BCUT2D eigenvalue weighted by molar-refractivity contribution is 5.64. The standard InChI is InChI=1S/C16H25N3O2/c1-3-13-6-5-8-18(9-7-13)15-10-14(17-4-2)11-16(12-15)19(20)21/h10-13,17H,3-9H2,1-2H3. The van der Waals surface area contributed by atoms with Crippen molar-refractivity contribution >= 4 is 17.1 Å². The Morgan fingerprint density at radius 3 is 2.76 bits per heavy atom. The van der Waals surface area contributed by atoms with Crippen LogP contribution in [0.4, 0.5) is 17.1 Å². The molecule has 1 saturated heterocycles. The van der Waals surface area contributed by atoms with Crippen LogP contribution in [0.15, 0.2) is 18.2 Å². The number of nitro groups is 1. The minimum Gasteiger partial charge on any atom is -0.385 e. The molecule has 1 heterocycles. The van der Waals surface area contributed by atoms with Crippen LogP contribution in [0.25, 0.3) is 0 Å². The zero-order valence-electron chi connectivity index (χ0n) is 13.0. The van der Waals surface area contributed by atoms with Crippen molar-refractivity contribution in [3.05, 3.63) is 28.3 Å². The molecule has 1 N–H and O–H groups in total. The Balaban J connectivity index is 2.22. The SMILES string of the molecule is CCNc1cc(N2CCCC(CC)CC2)cc([N+](=O)[O-])c1. The number of hydrogen-bond donors (Lipinski definition) is 1. The van der Waals surface area contributed by atoms with Gasteiger partial charge in [-0.15, -0.1) is 0 Å². The van der Waals surface area contributed by atoms with E-state index in [1.165, 1.54) is 19.3 Å². The number of benzene rings is 1. The zero-order valence-corrected chi connectivity index (χ0v) is 13.0. The van der Waals surface area contributed by atoms with Crippen LogP contribution in [0.3, 0.4) is 0 Å². The van der Waals surface area contributed by atoms with Gasteiger partial charge in [-0.1, -0.05) is 13.3 Å². The van der Waals surface area contributed by atoms with Gasteiger partial charge in [-0.2, -0.15) is 0 Å². The maximum absolute atomic E-state index is 11.1. The fourth-order valence-corrected chi connectivity index (χ4v) is 3.02. The molecule has 0 spiro atoms. The van der Waals surface area contributed by atoms with Gasteiger partial charge in [0.25, 0.3) is 5.69 Å². The molecule has 0 saturated carbocycles. The van der Waals surface area contributed by atoms with Gasteiger partial charge in [0, 0.05) is 43.1 Å². The third-order valence-corrected chi connectivity index (χ3v) is 4.28. The van der Waals surface area contributed by atoms with Gasteiger partial charge >= 0.3 is 0 Å². The molecule has 1 aliphatic rings. The van der Waals surface area contributed by atoms with Crippen LogP contribution in [-0.4, -0.2) is 24.6 Å². The fourth-order valence-electron chi connectivity index (χ4n) is 3.02. The summed E-state index contributed by atoms with van der Waals surface area (Å²) in [4.78, 5) is 13.1. The molecule has 1 aliphatic heterocycles. The zero-order chi connectivity index (χ0) is 15.2. The van der Waals surface area contributed by atoms with E-state index < -0.39 is 0 Å². The predicted octanol–water partition coefficient (Wildman–Crippen LogP) is 4.04.